The standard InChI is InChI=1S/C17H20ClN3O5/c18-12-3-11(4-15(5-12)21(25)26)17(24)19-13-6-14(7-13)20(9-16(22)23)8-10-1-2-10/h3-5,10,13-14H,1-2,6-9H2,(H,19,24)(H,22,23). The van der Waals surface area contributed by atoms with Gasteiger partial charge in [0.15, 0.2) is 0 Å². The molecule has 26 heavy (non-hydrogen) atoms. The van der Waals surface area contributed by atoms with Crippen molar-refractivity contribution in [1.29, 1.82) is 0 Å². The van der Waals surface area contributed by atoms with Crippen LogP contribution < -0.4 is 5.32 Å². The van der Waals surface area contributed by atoms with E-state index in [0.717, 1.165) is 19.4 Å². The van der Waals surface area contributed by atoms with E-state index in [1.807, 2.05) is 4.90 Å². The quantitative estimate of drug-likeness (QED) is 0.527. The Morgan fingerprint density at radius 2 is 2.00 bits per heavy atom. The van der Waals surface area contributed by atoms with Crippen LogP contribution in [0.25, 0.3) is 0 Å². The van der Waals surface area contributed by atoms with E-state index in [1.165, 1.54) is 18.2 Å². The first kappa shape index (κ1) is 18.6. The van der Waals surface area contributed by atoms with Crippen LogP contribution in [-0.2, 0) is 4.79 Å². The molecule has 1 aromatic carbocycles. The van der Waals surface area contributed by atoms with Crippen LogP contribution in [0.3, 0.4) is 0 Å². The summed E-state index contributed by atoms with van der Waals surface area (Å²) in [5, 5.41) is 22.9. The summed E-state index contributed by atoms with van der Waals surface area (Å²) in [6.45, 7) is 0.806. The van der Waals surface area contributed by atoms with Gasteiger partial charge in [-0.3, -0.25) is 24.6 Å². The third kappa shape index (κ3) is 4.70. The number of rotatable bonds is 8. The zero-order chi connectivity index (χ0) is 18.8. The van der Waals surface area contributed by atoms with E-state index in [2.05, 4.69) is 5.32 Å². The van der Waals surface area contributed by atoms with Crippen LogP contribution in [0.5, 0.6) is 0 Å². The van der Waals surface area contributed by atoms with Crippen molar-refractivity contribution in [1.82, 2.24) is 10.2 Å². The fourth-order valence-corrected chi connectivity index (χ4v) is 3.46. The van der Waals surface area contributed by atoms with Gasteiger partial charge in [0.25, 0.3) is 11.6 Å². The molecule has 0 bridgehead atoms. The maximum Gasteiger partial charge on any atom is 0.317 e. The van der Waals surface area contributed by atoms with Crippen LogP contribution >= 0.6 is 11.6 Å². The van der Waals surface area contributed by atoms with Crippen molar-refractivity contribution < 1.29 is 19.6 Å². The lowest BCUT2D eigenvalue weighted by Gasteiger charge is -2.42. The van der Waals surface area contributed by atoms with E-state index in [1.54, 1.807) is 0 Å². The Labute approximate surface area is 155 Å². The summed E-state index contributed by atoms with van der Waals surface area (Å²) in [5.41, 5.74) is -0.0841. The number of amides is 1. The molecule has 2 aliphatic carbocycles. The molecule has 140 valence electrons. The number of hydrogen-bond acceptors (Lipinski definition) is 5. The number of carbonyl (C=O) groups is 2. The molecule has 0 aromatic heterocycles. The molecule has 1 aromatic rings. The highest BCUT2D eigenvalue weighted by molar-refractivity contribution is 6.31. The van der Waals surface area contributed by atoms with E-state index >= 15 is 0 Å². The van der Waals surface area contributed by atoms with Crippen LogP contribution in [-0.4, -0.2) is 52.0 Å². The second-order valence-electron chi connectivity index (χ2n) is 7.02. The van der Waals surface area contributed by atoms with Gasteiger partial charge in [0.05, 0.1) is 11.5 Å². The maximum absolute atomic E-state index is 12.3. The number of nitro groups is 1. The minimum Gasteiger partial charge on any atom is -0.480 e. The number of benzene rings is 1. The Kier molecular flexibility index (Phi) is 5.43. The van der Waals surface area contributed by atoms with Gasteiger partial charge in [-0.2, -0.15) is 0 Å². The monoisotopic (exact) mass is 381 g/mol. The van der Waals surface area contributed by atoms with E-state index in [0.29, 0.717) is 18.8 Å². The first-order valence-corrected chi connectivity index (χ1v) is 8.91. The first-order valence-electron chi connectivity index (χ1n) is 8.53. The maximum atomic E-state index is 12.3. The van der Waals surface area contributed by atoms with E-state index in [9.17, 15) is 19.7 Å². The number of carboxylic acids is 1. The summed E-state index contributed by atoms with van der Waals surface area (Å²) in [6.07, 6.45) is 3.65. The average molecular weight is 382 g/mol. The second kappa shape index (κ2) is 7.59. The number of aliphatic carboxylic acids is 1. The molecule has 0 atom stereocenters. The van der Waals surface area contributed by atoms with E-state index < -0.39 is 16.8 Å². The molecule has 2 aliphatic rings. The summed E-state index contributed by atoms with van der Waals surface area (Å²) in [6, 6.07) is 3.86. The van der Waals surface area contributed by atoms with Crippen LogP contribution in [0.2, 0.25) is 5.02 Å². The fraction of sp³-hybridized carbons (Fsp3) is 0.529. The molecule has 0 aliphatic heterocycles. The van der Waals surface area contributed by atoms with Crippen molar-refractivity contribution in [3.05, 3.63) is 38.9 Å². The van der Waals surface area contributed by atoms with E-state index in [4.69, 9.17) is 16.7 Å². The predicted molar refractivity (Wildman–Crippen MR) is 94.3 cm³/mol. The molecule has 0 radical (unpaired) electrons. The number of nitro benzene ring substituents is 1. The van der Waals surface area contributed by atoms with Crippen molar-refractivity contribution in [3.63, 3.8) is 0 Å². The minimum absolute atomic E-state index is 0.0162. The summed E-state index contributed by atoms with van der Waals surface area (Å²) in [4.78, 5) is 35.6. The normalized spacial score (nSPS) is 21.9. The lowest BCUT2D eigenvalue weighted by Crippen LogP contribution is -2.55. The van der Waals surface area contributed by atoms with Gasteiger partial charge >= 0.3 is 5.97 Å². The third-order valence-corrected chi connectivity index (χ3v) is 5.07. The van der Waals surface area contributed by atoms with Gasteiger partial charge in [0.2, 0.25) is 0 Å². The van der Waals surface area contributed by atoms with Crippen molar-refractivity contribution in [3.8, 4) is 0 Å². The van der Waals surface area contributed by atoms with Gasteiger partial charge in [-0.15, -0.1) is 0 Å². The van der Waals surface area contributed by atoms with Crippen molar-refractivity contribution in [2.45, 2.75) is 37.8 Å². The van der Waals surface area contributed by atoms with Crippen LogP contribution in [0.1, 0.15) is 36.0 Å². The molecule has 0 spiro atoms. The summed E-state index contributed by atoms with van der Waals surface area (Å²) in [5.74, 6) is -0.662. The van der Waals surface area contributed by atoms with Gasteiger partial charge in [0.1, 0.15) is 0 Å². The highest BCUT2D eigenvalue weighted by atomic mass is 35.5. The van der Waals surface area contributed by atoms with Gasteiger partial charge in [-0.25, -0.2) is 0 Å². The number of nitrogens with one attached hydrogen (secondary N) is 1. The Balaban J connectivity index is 1.55. The molecule has 0 unspecified atom stereocenters. The predicted octanol–water partition coefficient (Wildman–Crippen LogP) is 2.31. The summed E-state index contributed by atoms with van der Waals surface area (Å²) in [7, 11) is 0. The van der Waals surface area contributed by atoms with Crippen molar-refractivity contribution >= 4 is 29.2 Å². The Morgan fingerprint density at radius 1 is 1.31 bits per heavy atom. The highest BCUT2D eigenvalue weighted by Gasteiger charge is 2.37. The first-order chi connectivity index (χ1) is 12.3. The Hall–Kier alpha value is -2.19. The largest absolute Gasteiger partial charge is 0.480 e. The van der Waals surface area contributed by atoms with Crippen LogP contribution in [0.4, 0.5) is 5.69 Å². The molecule has 9 heteroatoms. The highest BCUT2D eigenvalue weighted by Crippen LogP contribution is 2.34. The number of carbonyl (C=O) groups excluding carboxylic acids is 1. The van der Waals surface area contributed by atoms with Crippen molar-refractivity contribution in [2.75, 3.05) is 13.1 Å². The van der Waals surface area contributed by atoms with Gasteiger partial charge < -0.3 is 10.4 Å². The van der Waals surface area contributed by atoms with E-state index in [-0.39, 0.29) is 34.9 Å². The zero-order valence-corrected chi connectivity index (χ0v) is 14.8. The smallest absolute Gasteiger partial charge is 0.317 e. The molecule has 2 saturated carbocycles. The summed E-state index contributed by atoms with van der Waals surface area (Å²) < 4.78 is 0. The topological polar surface area (TPSA) is 113 Å². The molecule has 1 amide bonds. The number of hydrogen-bond donors (Lipinski definition) is 2. The molecule has 3 rings (SSSR count). The number of non-ortho nitro benzene ring substituents is 1. The molecular weight excluding hydrogens is 362 g/mol. The number of halogens is 1. The molecular formula is C17H20ClN3O5. The van der Waals surface area contributed by atoms with Crippen molar-refractivity contribution in [2.24, 2.45) is 5.92 Å². The number of carboxylic acid groups (broad SMARTS) is 1. The Morgan fingerprint density at radius 3 is 2.58 bits per heavy atom. The third-order valence-electron chi connectivity index (χ3n) is 4.85. The molecule has 8 nitrogen and oxygen atoms in total. The zero-order valence-electron chi connectivity index (χ0n) is 14.1. The SMILES string of the molecule is O=C(O)CN(CC1CC1)C1CC(NC(=O)c2cc(Cl)cc([N+](=O)[O-])c2)C1. The van der Waals surface area contributed by atoms with Gasteiger partial charge in [0, 0.05) is 41.3 Å². The Bertz CT molecular complexity index is 731. The number of nitrogens with zero attached hydrogens (tertiary/aromatic N) is 2. The fourth-order valence-electron chi connectivity index (χ4n) is 3.23. The molecule has 2 fully saturated rings. The van der Waals surface area contributed by atoms with Gasteiger partial charge in [-0.1, -0.05) is 11.6 Å². The van der Waals surface area contributed by atoms with Crippen LogP contribution in [0.15, 0.2) is 18.2 Å². The van der Waals surface area contributed by atoms with Gasteiger partial charge in [-0.05, 0) is 37.7 Å². The molecule has 0 heterocycles. The lowest BCUT2D eigenvalue weighted by molar-refractivity contribution is -0.384. The minimum atomic E-state index is -0.843. The lowest BCUT2D eigenvalue weighted by atomic mass is 9.85. The molecule has 0 saturated heterocycles. The average Bonchev–Trinajstić information content (AvgIpc) is 3.32. The summed E-state index contributed by atoms with van der Waals surface area (Å²) >= 11 is 5.84. The van der Waals surface area contributed by atoms with Crippen LogP contribution in [0, 0.1) is 16.0 Å². The molecule has 2 N–H and O–H groups in total. The second-order valence-corrected chi connectivity index (χ2v) is 7.45.